The van der Waals surface area contributed by atoms with Crippen molar-refractivity contribution < 1.29 is 22.7 Å². The largest absolute Gasteiger partial charge is 0.456 e. The van der Waals surface area contributed by atoms with Crippen molar-refractivity contribution >= 4 is 32.6 Å². The maximum Gasteiger partial charge on any atom is 0.306 e. The van der Waals surface area contributed by atoms with Gasteiger partial charge in [-0.1, -0.05) is 18.2 Å². The van der Waals surface area contributed by atoms with Crippen LogP contribution in [-0.4, -0.2) is 49.9 Å². The average Bonchev–Trinajstić information content (AvgIpc) is 3.16. The third kappa shape index (κ3) is 4.85. The smallest absolute Gasteiger partial charge is 0.306 e. The number of H-pyrrole nitrogens is 1. The molecule has 2 heterocycles. The molecule has 0 aliphatic carbocycles. The summed E-state index contributed by atoms with van der Waals surface area (Å²) in [6, 6.07) is 7.94. The molecule has 1 amide bonds. The Balaban J connectivity index is 1.36. The minimum atomic E-state index is -3.01. The molecule has 1 atom stereocenters. The standard InChI is InChI=1S/C18H22N2O5S/c21-17(11-25-18(22)9-13-6-8-26(23,24)12-13)19-7-5-14-10-20-16-4-2-1-3-15(14)16/h1-4,10,13,20H,5-9,11-12H2,(H,19,21)/t13-/m0/s1. The zero-order chi connectivity index (χ0) is 18.6. The lowest BCUT2D eigenvalue weighted by Crippen LogP contribution is -2.30. The summed E-state index contributed by atoms with van der Waals surface area (Å²) in [5, 5.41) is 3.85. The van der Waals surface area contributed by atoms with Gasteiger partial charge < -0.3 is 15.0 Å². The number of amides is 1. The lowest BCUT2D eigenvalue weighted by atomic mass is 10.1. The second kappa shape index (κ2) is 7.90. The number of aromatic amines is 1. The van der Waals surface area contributed by atoms with Gasteiger partial charge in [0, 0.05) is 30.1 Å². The topological polar surface area (TPSA) is 105 Å². The number of para-hydroxylation sites is 1. The van der Waals surface area contributed by atoms with E-state index in [4.69, 9.17) is 4.74 Å². The normalized spacial score (nSPS) is 18.7. The Bertz CT molecular complexity index is 903. The van der Waals surface area contributed by atoms with Crippen molar-refractivity contribution in [2.75, 3.05) is 24.7 Å². The predicted molar refractivity (Wildman–Crippen MR) is 97.3 cm³/mol. The zero-order valence-electron chi connectivity index (χ0n) is 14.4. The van der Waals surface area contributed by atoms with Crippen LogP contribution in [0.4, 0.5) is 0 Å². The van der Waals surface area contributed by atoms with Crippen molar-refractivity contribution in [3.8, 4) is 0 Å². The molecule has 0 unspecified atom stereocenters. The number of hydrogen-bond donors (Lipinski definition) is 2. The second-order valence-corrected chi connectivity index (χ2v) is 8.82. The molecule has 0 saturated carbocycles. The summed E-state index contributed by atoms with van der Waals surface area (Å²) in [4.78, 5) is 26.7. The van der Waals surface area contributed by atoms with Crippen LogP contribution in [-0.2, 0) is 30.6 Å². The molecule has 0 spiro atoms. The summed E-state index contributed by atoms with van der Waals surface area (Å²) in [6.45, 7) is 0.102. The number of esters is 1. The van der Waals surface area contributed by atoms with Crippen molar-refractivity contribution in [2.45, 2.75) is 19.3 Å². The third-order valence-electron chi connectivity index (χ3n) is 4.54. The maximum atomic E-state index is 11.8. The molecule has 2 aromatic rings. The minimum Gasteiger partial charge on any atom is -0.456 e. The van der Waals surface area contributed by atoms with Crippen molar-refractivity contribution in [1.82, 2.24) is 10.3 Å². The average molecular weight is 378 g/mol. The first-order valence-electron chi connectivity index (χ1n) is 8.61. The predicted octanol–water partition coefficient (Wildman–Crippen LogP) is 1.19. The summed E-state index contributed by atoms with van der Waals surface area (Å²) < 4.78 is 27.7. The van der Waals surface area contributed by atoms with Gasteiger partial charge in [0.15, 0.2) is 16.4 Å². The molecular formula is C18H22N2O5S. The first kappa shape index (κ1) is 18.4. The first-order valence-corrected chi connectivity index (χ1v) is 10.4. The Hall–Kier alpha value is -2.35. The zero-order valence-corrected chi connectivity index (χ0v) is 15.2. The van der Waals surface area contributed by atoms with Gasteiger partial charge in [0.05, 0.1) is 11.5 Å². The lowest BCUT2D eigenvalue weighted by molar-refractivity contribution is -0.149. The highest BCUT2D eigenvalue weighted by molar-refractivity contribution is 7.91. The number of benzene rings is 1. The molecule has 1 saturated heterocycles. The van der Waals surface area contributed by atoms with Crippen LogP contribution < -0.4 is 5.32 Å². The fourth-order valence-corrected chi connectivity index (χ4v) is 5.06. The molecule has 8 heteroatoms. The number of rotatable bonds is 7. The van der Waals surface area contributed by atoms with Crippen molar-refractivity contribution in [2.24, 2.45) is 5.92 Å². The lowest BCUT2D eigenvalue weighted by Gasteiger charge is -2.08. The van der Waals surface area contributed by atoms with E-state index in [9.17, 15) is 18.0 Å². The van der Waals surface area contributed by atoms with Gasteiger partial charge in [-0.05, 0) is 30.4 Å². The number of nitrogens with one attached hydrogen (secondary N) is 2. The van der Waals surface area contributed by atoms with E-state index in [2.05, 4.69) is 10.3 Å². The first-order chi connectivity index (χ1) is 12.4. The second-order valence-electron chi connectivity index (χ2n) is 6.59. The highest BCUT2D eigenvalue weighted by atomic mass is 32.2. The molecule has 7 nitrogen and oxygen atoms in total. The van der Waals surface area contributed by atoms with E-state index in [-0.39, 0.29) is 36.4 Å². The number of ether oxygens (including phenoxy) is 1. The molecule has 0 radical (unpaired) electrons. The van der Waals surface area contributed by atoms with Crippen LogP contribution in [0.3, 0.4) is 0 Å². The number of carbonyl (C=O) groups excluding carboxylic acids is 2. The maximum absolute atomic E-state index is 11.8. The van der Waals surface area contributed by atoms with Crippen molar-refractivity contribution in [1.29, 1.82) is 0 Å². The highest BCUT2D eigenvalue weighted by Gasteiger charge is 2.29. The minimum absolute atomic E-state index is 0.0267. The van der Waals surface area contributed by atoms with Gasteiger partial charge in [-0.25, -0.2) is 8.42 Å². The van der Waals surface area contributed by atoms with E-state index in [0.717, 1.165) is 16.5 Å². The monoisotopic (exact) mass is 378 g/mol. The summed E-state index contributed by atoms with van der Waals surface area (Å²) in [7, 11) is -3.01. The molecule has 3 rings (SSSR count). The molecule has 0 bridgehead atoms. The number of hydrogen-bond acceptors (Lipinski definition) is 5. The fourth-order valence-electron chi connectivity index (χ4n) is 3.20. The van der Waals surface area contributed by atoms with Crippen LogP contribution in [0.5, 0.6) is 0 Å². The van der Waals surface area contributed by atoms with Gasteiger partial charge >= 0.3 is 5.97 Å². The summed E-state index contributed by atoms with van der Waals surface area (Å²) in [5.74, 6) is -0.938. The molecule has 1 aliphatic heterocycles. The molecule has 2 N–H and O–H groups in total. The van der Waals surface area contributed by atoms with Crippen molar-refractivity contribution in [3.63, 3.8) is 0 Å². The van der Waals surface area contributed by atoms with Gasteiger partial charge in [-0.15, -0.1) is 0 Å². The molecule has 1 aromatic carbocycles. The summed E-state index contributed by atoms with van der Waals surface area (Å²) in [6.07, 6.45) is 3.12. The molecule has 140 valence electrons. The van der Waals surface area contributed by atoms with Crippen LogP contribution in [0, 0.1) is 5.92 Å². The Morgan fingerprint density at radius 2 is 2.08 bits per heavy atom. The molecule has 1 aromatic heterocycles. The third-order valence-corrected chi connectivity index (χ3v) is 6.37. The molecular weight excluding hydrogens is 356 g/mol. The number of fused-ring (bicyclic) bond motifs is 1. The Kier molecular flexibility index (Phi) is 5.61. The van der Waals surface area contributed by atoms with Gasteiger partial charge in [0.1, 0.15) is 0 Å². The quantitative estimate of drug-likeness (QED) is 0.704. The van der Waals surface area contributed by atoms with Crippen LogP contribution >= 0.6 is 0 Å². The SMILES string of the molecule is O=C(COC(=O)C[C@@H]1CCS(=O)(=O)C1)NCCc1c[nH]c2ccccc12. The molecule has 1 fully saturated rings. The van der Waals surface area contributed by atoms with Gasteiger partial charge in [0.25, 0.3) is 5.91 Å². The molecule has 1 aliphatic rings. The number of sulfone groups is 1. The van der Waals surface area contributed by atoms with Crippen molar-refractivity contribution in [3.05, 3.63) is 36.0 Å². The number of aromatic nitrogens is 1. The summed E-state index contributed by atoms with van der Waals surface area (Å²) >= 11 is 0. The van der Waals surface area contributed by atoms with E-state index < -0.39 is 15.8 Å². The van der Waals surface area contributed by atoms with E-state index in [1.807, 2.05) is 30.5 Å². The van der Waals surface area contributed by atoms with Crippen LogP contribution in [0.1, 0.15) is 18.4 Å². The fraction of sp³-hybridized carbons (Fsp3) is 0.444. The number of carbonyl (C=O) groups is 2. The van der Waals surface area contributed by atoms with E-state index in [0.29, 0.717) is 19.4 Å². The highest BCUT2D eigenvalue weighted by Crippen LogP contribution is 2.21. The van der Waals surface area contributed by atoms with Gasteiger partial charge in [0.2, 0.25) is 0 Å². The van der Waals surface area contributed by atoms with Crippen LogP contribution in [0.25, 0.3) is 10.9 Å². The van der Waals surface area contributed by atoms with E-state index >= 15 is 0 Å². The Morgan fingerprint density at radius 3 is 2.85 bits per heavy atom. The van der Waals surface area contributed by atoms with Crippen LogP contribution in [0.15, 0.2) is 30.5 Å². The van der Waals surface area contributed by atoms with E-state index in [1.54, 1.807) is 0 Å². The Labute approximate surface area is 152 Å². The van der Waals surface area contributed by atoms with Gasteiger partial charge in [-0.3, -0.25) is 9.59 Å². The summed E-state index contributed by atoms with van der Waals surface area (Å²) in [5.41, 5.74) is 2.16. The van der Waals surface area contributed by atoms with E-state index in [1.165, 1.54) is 0 Å². The Morgan fingerprint density at radius 1 is 1.27 bits per heavy atom. The molecule has 26 heavy (non-hydrogen) atoms. The van der Waals surface area contributed by atoms with Gasteiger partial charge in [-0.2, -0.15) is 0 Å². The van der Waals surface area contributed by atoms with Crippen LogP contribution in [0.2, 0.25) is 0 Å².